The van der Waals surface area contributed by atoms with Crippen LogP contribution in [-0.4, -0.2) is 18.5 Å². The van der Waals surface area contributed by atoms with E-state index in [1.165, 1.54) is 17.0 Å². The van der Waals surface area contributed by atoms with Gasteiger partial charge in [-0.2, -0.15) is 13.2 Å². The molecule has 2 aliphatic rings. The minimum Gasteiger partial charge on any atom is -0.456 e. The summed E-state index contributed by atoms with van der Waals surface area (Å²) >= 11 is 0. The van der Waals surface area contributed by atoms with Crippen molar-refractivity contribution in [1.82, 2.24) is 0 Å². The fourth-order valence-electron chi connectivity index (χ4n) is 3.52. The zero-order valence-electron chi connectivity index (χ0n) is 14.0. The van der Waals surface area contributed by atoms with Crippen molar-refractivity contribution >= 4 is 17.6 Å². The predicted molar refractivity (Wildman–Crippen MR) is 90.7 cm³/mol. The lowest BCUT2D eigenvalue weighted by molar-refractivity contribution is -0.138. The number of carbonyl (C=O) groups is 2. The Bertz CT molecular complexity index is 933. The van der Waals surface area contributed by atoms with Crippen molar-refractivity contribution in [3.05, 3.63) is 77.0 Å². The summed E-state index contributed by atoms with van der Waals surface area (Å²) in [5, 5.41) is 0. The van der Waals surface area contributed by atoms with Crippen LogP contribution in [0.4, 0.5) is 18.9 Å². The van der Waals surface area contributed by atoms with Gasteiger partial charge in [0.05, 0.1) is 16.8 Å². The first-order valence-corrected chi connectivity index (χ1v) is 8.31. The normalized spacial score (nSPS) is 20.0. The van der Waals surface area contributed by atoms with E-state index < -0.39 is 23.6 Å². The number of cyclic esters (lactones) is 1. The smallest absolute Gasteiger partial charge is 0.416 e. The number of hydrogen-bond acceptors (Lipinski definition) is 3. The number of rotatable bonds is 2. The summed E-state index contributed by atoms with van der Waals surface area (Å²) < 4.78 is 43.5. The topological polar surface area (TPSA) is 46.6 Å². The number of anilines is 1. The van der Waals surface area contributed by atoms with Crippen LogP contribution >= 0.6 is 0 Å². The number of hydrogen-bond donors (Lipinski definition) is 0. The third-order valence-electron chi connectivity index (χ3n) is 4.77. The van der Waals surface area contributed by atoms with Crippen molar-refractivity contribution in [1.29, 1.82) is 0 Å². The van der Waals surface area contributed by atoms with E-state index >= 15 is 0 Å². The zero-order valence-corrected chi connectivity index (χ0v) is 14.0. The van der Waals surface area contributed by atoms with Gasteiger partial charge in [0, 0.05) is 18.0 Å². The number of ether oxygens (including phenoxy) is 1. The second kappa shape index (κ2) is 6.26. The van der Waals surface area contributed by atoms with Gasteiger partial charge in [-0.15, -0.1) is 0 Å². The molecule has 0 radical (unpaired) electrons. The number of benzene rings is 2. The molecule has 2 aromatic rings. The maximum atomic E-state index is 12.8. The molecule has 138 valence electrons. The molecular weight excluding hydrogens is 359 g/mol. The van der Waals surface area contributed by atoms with Gasteiger partial charge in [0.1, 0.15) is 6.61 Å². The van der Waals surface area contributed by atoms with Crippen molar-refractivity contribution in [2.24, 2.45) is 0 Å². The second-order valence-electron chi connectivity index (χ2n) is 6.38. The van der Waals surface area contributed by atoms with Crippen LogP contribution in [0.2, 0.25) is 0 Å². The third-order valence-corrected chi connectivity index (χ3v) is 4.77. The van der Waals surface area contributed by atoms with Crippen LogP contribution in [0.3, 0.4) is 0 Å². The molecule has 0 saturated carbocycles. The van der Waals surface area contributed by atoms with Crippen LogP contribution in [0.15, 0.2) is 65.9 Å². The molecule has 4 nitrogen and oxygen atoms in total. The average Bonchev–Trinajstić information content (AvgIpc) is 3.03. The maximum absolute atomic E-state index is 12.8. The number of alkyl halides is 3. The summed E-state index contributed by atoms with van der Waals surface area (Å²) in [7, 11) is 0. The highest BCUT2D eigenvalue weighted by Gasteiger charge is 2.43. The molecule has 1 amide bonds. The zero-order chi connectivity index (χ0) is 19.2. The summed E-state index contributed by atoms with van der Waals surface area (Å²) in [5.41, 5.74) is 1.11. The summed E-state index contributed by atoms with van der Waals surface area (Å²) in [6, 6.07) is 13.4. The molecule has 0 spiro atoms. The Hall–Kier alpha value is -3.09. The lowest BCUT2D eigenvalue weighted by Crippen LogP contribution is -2.37. The van der Waals surface area contributed by atoms with Gasteiger partial charge in [-0.05, 0) is 29.8 Å². The molecule has 1 atom stereocenters. The summed E-state index contributed by atoms with van der Waals surface area (Å²) in [5.74, 6) is -1.39. The number of carbonyl (C=O) groups excluding carboxylic acids is 2. The van der Waals surface area contributed by atoms with E-state index in [2.05, 4.69) is 0 Å². The minimum absolute atomic E-state index is 0.0197. The van der Waals surface area contributed by atoms with Gasteiger partial charge in [0.25, 0.3) is 0 Å². The van der Waals surface area contributed by atoms with Crippen LogP contribution in [0.5, 0.6) is 0 Å². The summed E-state index contributed by atoms with van der Waals surface area (Å²) in [6.07, 6.45) is -4.46. The molecule has 2 aliphatic heterocycles. The molecular formula is C20H14F3NO3. The molecule has 0 fully saturated rings. The number of halogens is 3. The molecule has 2 aromatic carbocycles. The lowest BCUT2D eigenvalue weighted by Gasteiger charge is -2.31. The van der Waals surface area contributed by atoms with E-state index in [0.717, 1.165) is 12.1 Å². The predicted octanol–water partition coefficient (Wildman–Crippen LogP) is 4.04. The standard InChI is InChI=1S/C20H14F3NO3/c21-20(22,23)13-8-6-12(7-9-13)15-10-17(25)24(14-4-2-1-3-5-14)16-11-27-19(26)18(15)16/h1-9,15H,10-11H2. The SMILES string of the molecule is O=C1OCC2=C1C(c1ccc(C(F)(F)F)cc1)CC(=O)N2c1ccccc1. The first kappa shape index (κ1) is 17.3. The van der Waals surface area contributed by atoms with Crippen LogP contribution in [0.1, 0.15) is 23.5 Å². The van der Waals surface area contributed by atoms with Crippen molar-refractivity contribution < 1.29 is 27.5 Å². The fraction of sp³-hybridized carbons (Fsp3) is 0.200. The molecule has 4 rings (SSSR count). The largest absolute Gasteiger partial charge is 0.456 e. The van der Waals surface area contributed by atoms with Crippen molar-refractivity contribution in [2.75, 3.05) is 11.5 Å². The second-order valence-corrected chi connectivity index (χ2v) is 6.38. The number of amides is 1. The molecule has 0 bridgehead atoms. The van der Waals surface area contributed by atoms with E-state index in [0.29, 0.717) is 22.5 Å². The highest BCUT2D eigenvalue weighted by atomic mass is 19.4. The van der Waals surface area contributed by atoms with E-state index in [1.807, 2.05) is 6.07 Å². The summed E-state index contributed by atoms with van der Waals surface area (Å²) in [4.78, 5) is 26.6. The monoisotopic (exact) mass is 373 g/mol. The molecule has 0 aliphatic carbocycles. The Morgan fingerprint density at radius 2 is 1.63 bits per heavy atom. The van der Waals surface area contributed by atoms with Gasteiger partial charge in [0.15, 0.2) is 0 Å². The Morgan fingerprint density at radius 1 is 0.963 bits per heavy atom. The van der Waals surface area contributed by atoms with Gasteiger partial charge in [-0.3, -0.25) is 9.69 Å². The highest BCUT2D eigenvalue weighted by molar-refractivity contribution is 6.06. The van der Waals surface area contributed by atoms with Gasteiger partial charge in [-0.1, -0.05) is 30.3 Å². The highest BCUT2D eigenvalue weighted by Crippen LogP contribution is 2.42. The Morgan fingerprint density at radius 3 is 2.26 bits per heavy atom. The lowest BCUT2D eigenvalue weighted by atomic mass is 9.84. The third kappa shape index (κ3) is 2.99. The molecule has 0 N–H and O–H groups in total. The molecule has 0 saturated heterocycles. The molecule has 7 heteroatoms. The van der Waals surface area contributed by atoms with Gasteiger partial charge in [0.2, 0.25) is 5.91 Å². The molecule has 0 aromatic heterocycles. The number of para-hydroxylation sites is 1. The quantitative estimate of drug-likeness (QED) is 0.747. The average molecular weight is 373 g/mol. The van der Waals surface area contributed by atoms with Crippen LogP contribution in [-0.2, 0) is 20.5 Å². The minimum atomic E-state index is -4.44. The van der Waals surface area contributed by atoms with Crippen LogP contribution in [0, 0.1) is 0 Å². The first-order valence-electron chi connectivity index (χ1n) is 8.31. The van der Waals surface area contributed by atoms with E-state index in [-0.39, 0.29) is 18.9 Å². The Kier molecular flexibility index (Phi) is 4.02. The maximum Gasteiger partial charge on any atom is 0.416 e. The van der Waals surface area contributed by atoms with Crippen molar-refractivity contribution in [3.63, 3.8) is 0 Å². The van der Waals surface area contributed by atoms with E-state index in [4.69, 9.17) is 4.74 Å². The van der Waals surface area contributed by atoms with Crippen LogP contribution in [0.25, 0.3) is 0 Å². The number of nitrogens with zero attached hydrogens (tertiary/aromatic N) is 1. The first-order chi connectivity index (χ1) is 12.9. The Balaban J connectivity index is 1.76. The summed E-state index contributed by atoms with van der Waals surface area (Å²) in [6.45, 7) is -0.0358. The van der Waals surface area contributed by atoms with E-state index in [1.54, 1.807) is 24.3 Å². The van der Waals surface area contributed by atoms with Gasteiger partial charge >= 0.3 is 12.1 Å². The Labute approximate surface area is 152 Å². The van der Waals surface area contributed by atoms with Gasteiger partial charge in [-0.25, -0.2) is 4.79 Å². The fourth-order valence-corrected chi connectivity index (χ4v) is 3.52. The van der Waals surface area contributed by atoms with E-state index in [9.17, 15) is 22.8 Å². The number of esters is 1. The van der Waals surface area contributed by atoms with Crippen LogP contribution < -0.4 is 4.90 Å². The van der Waals surface area contributed by atoms with Crippen molar-refractivity contribution in [3.8, 4) is 0 Å². The van der Waals surface area contributed by atoms with Crippen molar-refractivity contribution in [2.45, 2.75) is 18.5 Å². The molecule has 2 heterocycles. The molecule has 1 unspecified atom stereocenters. The molecule has 27 heavy (non-hydrogen) atoms. The van der Waals surface area contributed by atoms with Gasteiger partial charge < -0.3 is 4.74 Å².